The number of nitrogens with zero attached hydrogens (tertiary/aromatic N) is 2. The summed E-state index contributed by atoms with van der Waals surface area (Å²) in [7, 11) is 3.16. The Balaban J connectivity index is 1.75. The van der Waals surface area contributed by atoms with E-state index >= 15 is 0 Å². The number of hydrogen-bond acceptors (Lipinski definition) is 6. The highest BCUT2D eigenvalue weighted by molar-refractivity contribution is 8.03. The first-order chi connectivity index (χ1) is 14.0. The molecule has 0 bridgehead atoms. The van der Waals surface area contributed by atoms with Gasteiger partial charge in [0.15, 0.2) is 5.72 Å². The summed E-state index contributed by atoms with van der Waals surface area (Å²) < 4.78 is 10.4. The predicted octanol–water partition coefficient (Wildman–Crippen LogP) is 3.35. The van der Waals surface area contributed by atoms with Crippen molar-refractivity contribution in [2.75, 3.05) is 20.0 Å². The van der Waals surface area contributed by atoms with Crippen molar-refractivity contribution in [3.8, 4) is 17.6 Å². The van der Waals surface area contributed by atoms with E-state index in [1.54, 1.807) is 38.5 Å². The number of allylic oxidation sites excluding steroid dienone is 1. The van der Waals surface area contributed by atoms with Crippen molar-refractivity contribution in [1.29, 1.82) is 5.26 Å². The largest absolute Gasteiger partial charge is 0.497 e. The summed E-state index contributed by atoms with van der Waals surface area (Å²) in [6.07, 6.45) is 0.123. The fourth-order valence-electron chi connectivity index (χ4n) is 3.82. The molecule has 6 nitrogen and oxygen atoms in total. The van der Waals surface area contributed by atoms with Crippen LogP contribution in [0.4, 0.5) is 0 Å². The molecule has 148 valence electrons. The summed E-state index contributed by atoms with van der Waals surface area (Å²) >= 11 is 1.34. The maximum Gasteiger partial charge on any atom is 0.231 e. The summed E-state index contributed by atoms with van der Waals surface area (Å²) in [6.45, 7) is 0. The SMILES string of the molecule is COc1ccc([C@@H]2CC(=O)N3C(=C2C#N)SC[C@@]3(O)c2ccc(OC)cc2)cc1. The third kappa shape index (κ3) is 3.15. The predicted molar refractivity (Wildman–Crippen MR) is 109 cm³/mol. The van der Waals surface area contributed by atoms with E-state index in [-0.39, 0.29) is 24.0 Å². The number of ether oxygens (including phenoxy) is 2. The van der Waals surface area contributed by atoms with Gasteiger partial charge in [-0.15, -0.1) is 11.8 Å². The van der Waals surface area contributed by atoms with Gasteiger partial charge in [-0.05, 0) is 29.8 Å². The second-order valence-corrected chi connectivity index (χ2v) is 7.89. The number of amides is 1. The number of benzene rings is 2. The number of nitriles is 1. The van der Waals surface area contributed by atoms with Crippen molar-refractivity contribution >= 4 is 17.7 Å². The van der Waals surface area contributed by atoms with E-state index in [4.69, 9.17) is 9.47 Å². The van der Waals surface area contributed by atoms with Crippen LogP contribution in [0.3, 0.4) is 0 Å². The molecule has 1 fully saturated rings. The first-order valence-corrected chi connectivity index (χ1v) is 10.1. The van der Waals surface area contributed by atoms with E-state index in [0.29, 0.717) is 27.7 Å². The average Bonchev–Trinajstić information content (AvgIpc) is 3.13. The minimum Gasteiger partial charge on any atom is -0.497 e. The molecule has 0 aromatic heterocycles. The second-order valence-electron chi connectivity index (χ2n) is 6.92. The van der Waals surface area contributed by atoms with Crippen LogP contribution in [-0.4, -0.2) is 35.9 Å². The molecule has 7 heteroatoms. The van der Waals surface area contributed by atoms with Gasteiger partial charge in [0.1, 0.15) is 11.5 Å². The van der Waals surface area contributed by atoms with Crippen molar-refractivity contribution in [1.82, 2.24) is 4.90 Å². The van der Waals surface area contributed by atoms with Crippen LogP contribution in [0.2, 0.25) is 0 Å². The van der Waals surface area contributed by atoms with Gasteiger partial charge in [-0.1, -0.05) is 24.3 Å². The first kappa shape index (κ1) is 19.4. The molecule has 1 amide bonds. The minimum atomic E-state index is -1.49. The molecule has 1 N–H and O–H groups in total. The van der Waals surface area contributed by atoms with Crippen LogP contribution in [0, 0.1) is 11.3 Å². The lowest BCUT2D eigenvalue weighted by Crippen LogP contribution is -2.48. The molecule has 2 aromatic rings. The van der Waals surface area contributed by atoms with E-state index in [1.807, 2.05) is 24.3 Å². The Morgan fingerprint density at radius 2 is 1.69 bits per heavy atom. The molecule has 0 saturated carbocycles. The zero-order valence-corrected chi connectivity index (χ0v) is 16.9. The summed E-state index contributed by atoms with van der Waals surface area (Å²) in [5, 5.41) is 21.8. The maximum absolute atomic E-state index is 13.1. The zero-order valence-electron chi connectivity index (χ0n) is 16.1. The van der Waals surface area contributed by atoms with Gasteiger partial charge in [0.2, 0.25) is 5.91 Å². The number of methoxy groups -OCH3 is 2. The Bertz CT molecular complexity index is 1010. The normalized spacial score (nSPS) is 23.6. The lowest BCUT2D eigenvalue weighted by atomic mass is 9.85. The van der Waals surface area contributed by atoms with Crippen LogP contribution in [0.1, 0.15) is 23.5 Å². The topological polar surface area (TPSA) is 82.8 Å². The molecule has 4 rings (SSSR count). The van der Waals surface area contributed by atoms with Crippen LogP contribution in [0.5, 0.6) is 11.5 Å². The highest BCUT2D eigenvalue weighted by Gasteiger charge is 2.51. The molecule has 1 saturated heterocycles. The Morgan fingerprint density at radius 3 is 2.24 bits per heavy atom. The lowest BCUT2D eigenvalue weighted by Gasteiger charge is -2.38. The number of hydrogen-bond donors (Lipinski definition) is 1. The van der Waals surface area contributed by atoms with Gasteiger partial charge in [0.25, 0.3) is 0 Å². The smallest absolute Gasteiger partial charge is 0.231 e. The molecule has 0 unspecified atom stereocenters. The van der Waals surface area contributed by atoms with Crippen molar-refractivity contribution in [3.63, 3.8) is 0 Å². The second kappa shape index (κ2) is 7.47. The van der Waals surface area contributed by atoms with E-state index in [2.05, 4.69) is 6.07 Å². The maximum atomic E-state index is 13.1. The van der Waals surface area contributed by atoms with Crippen LogP contribution in [-0.2, 0) is 10.5 Å². The Kier molecular flexibility index (Phi) is 4.99. The average molecular weight is 408 g/mol. The molecule has 0 spiro atoms. The number of aliphatic hydroxyl groups is 1. The van der Waals surface area contributed by atoms with E-state index < -0.39 is 5.72 Å². The number of carbonyl (C=O) groups is 1. The van der Waals surface area contributed by atoms with Gasteiger partial charge in [-0.2, -0.15) is 5.26 Å². The summed E-state index contributed by atoms with van der Waals surface area (Å²) in [4.78, 5) is 14.5. The van der Waals surface area contributed by atoms with Crippen LogP contribution in [0.25, 0.3) is 0 Å². The highest BCUT2D eigenvalue weighted by Crippen LogP contribution is 2.51. The van der Waals surface area contributed by atoms with Gasteiger partial charge in [-0.25, -0.2) is 0 Å². The van der Waals surface area contributed by atoms with Gasteiger partial charge in [0, 0.05) is 17.9 Å². The Hall–Kier alpha value is -2.95. The molecule has 2 atom stereocenters. The van der Waals surface area contributed by atoms with Gasteiger partial charge >= 0.3 is 0 Å². The minimum absolute atomic E-state index is 0.123. The summed E-state index contributed by atoms with van der Waals surface area (Å²) in [5.41, 5.74) is 0.484. The fraction of sp³-hybridized carbons (Fsp3) is 0.273. The van der Waals surface area contributed by atoms with Crippen LogP contribution < -0.4 is 9.47 Å². The molecule has 0 radical (unpaired) electrons. The molecule has 0 aliphatic carbocycles. The van der Waals surface area contributed by atoms with Gasteiger partial charge < -0.3 is 14.6 Å². The molecule has 2 aromatic carbocycles. The standard InChI is InChI=1S/C22H20N2O4S/c1-27-16-7-3-14(4-8-16)18-11-20(25)24-21(19(18)12-23)29-13-22(24,26)15-5-9-17(28-2)10-6-15/h3-10,18,26H,11,13H2,1-2H3/t18-,22+/m0/s1. The van der Waals surface area contributed by atoms with Crippen molar-refractivity contribution in [2.45, 2.75) is 18.1 Å². The molecule has 2 heterocycles. The molecule has 2 aliphatic heterocycles. The van der Waals surface area contributed by atoms with E-state index in [0.717, 1.165) is 5.56 Å². The molecule has 2 aliphatic rings. The number of carbonyl (C=O) groups excluding carboxylic acids is 1. The van der Waals surface area contributed by atoms with E-state index in [9.17, 15) is 15.2 Å². The molecular formula is C22H20N2O4S. The highest BCUT2D eigenvalue weighted by atomic mass is 32.2. The van der Waals surface area contributed by atoms with Crippen LogP contribution >= 0.6 is 11.8 Å². The zero-order chi connectivity index (χ0) is 20.6. The number of fused-ring (bicyclic) bond motifs is 1. The van der Waals surface area contributed by atoms with Gasteiger partial charge in [-0.3, -0.25) is 9.69 Å². The third-order valence-corrected chi connectivity index (χ3v) is 6.60. The van der Waals surface area contributed by atoms with Crippen molar-refractivity contribution < 1.29 is 19.4 Å². The van der Waals surface area contributed by atoms with Crippen LogP contribution in [0.15, 0.2) is 59.1 Å². The van der Waals surface area contributed by atoms with Crippen molar-refractivity contribution in [2.24, 2.45) is 0 Å². The molecular weight excluding hydrogens is 388 g/mol. The third-order valence-electron chi connectivity index (χ3n) is 5.38. The number of rotatable bonds is 4. The summed E-state index contributed by atoms with van der Waals surface area (Å²) in [5.74, 6) is 1.10. The fourth-order valence-corrected chi connectivity index (χ4v) is 5.18. The summed E-state index contributed by atoms with van der Waals surface area (Å²) in [6, 6.07) is 16.7. The quantitative estimate of drug-likeness (QED) is 0.835. The number of thioether (sulfide) groups is 1. The molecule has 29 heavy (non-hydrogen) atoms. The Morgan fingerprint density at radius 1 is 1.10 bits per heavy atom. The monoisotopic (exact) mass is 408 g/mol. The van der Waals surface area contributed by atoms with Gasteiger partial charge in [0.05, 0.1) is 36.6 Å². The first-order valence-electron chi connectivity index (χ1n) is 9.13. The lowest BCUT2D eigenvalue weighted by molar-refractivity contribution is -0.149. The van der Waals surface area contributed by atoms with E-state index in [1.165, 1.54) is 16.7 Å². The Labute approximate surface area is 173 Å². The van der Waals surface area contributed by atoms with Crippen molar-refractivity contribution in [3.05, 3.63) is 70.3 Å².